The molecule has 1 aliphatic heterocycles. The number of hydrogen-bond acceptors (Lipinski definition) is 2. The fourth-order valence-electron chi connectivity index (χ4n) is 3.15. The van der Waals surface area contributed by atoms with Crippen LogP contribution in [0.25, 0.3) is 0 Å². The molecule has 0 amide bonds. The van der Waals surface area contributed by atoms with Crippen molar-refractivity contribution in [2.75, 3.05) is 0 Å². The first-order chi connectivity index (χ1) is 10.8. The van der Waals surface area contributed by atoms with Crippen molar-refractivity contribution in [2.45, 2.75) is 6.92 Å². The zero-order valence-electron chi connectivity index (χ0n) is 12.3. The van der Waals surface area contributed by atoms with Crippen molar-refractivity contribution in [2.24, 2.45) is 0 Å². The van der Waals surface area contributed by atoms with Crippen molar-refractivity contribution < 1.29 is 9.35 Å². The Balaban J connectivity index is 2.09. The van der Waals surface area contributed by atoms with E-state index in [1.807, 2.05) is 48.5 Å². The Hall–Kier alpha value is -1.99. The molecule has 0 atom stereocenters. The molecule has 0 aromatic heterocycles. The number of rotatable bonds is 3. The van der Waals surface area contributed by atoms with E-state index >= 15 is 0 Å². The minimum atomic E-state index is -3.17. The van der Waals surface area contributed by atoms with Crippen LogP contribution < -0.4 is 15.9 Å². The van der Waals surface area contributed by atoms with Gasteiger partial charge in [0.15, 0.2) is 0 Å². The summed E-state index contributed by atoms with van der Waals surface area (Å²) < 4.78 is 11.9. The fourth-order valence-corrected chi connectivity index (χ4v) is 7.41. The van der Waals surface area contributed by atoms with Gasteiger partial charge in [0.25, 0.3) is 0 Å². The van der Waals surface area contributed by atoms with Crippen LogP contribution in [0.1, 0.15) is 5.56 Å². The quantitative estimate of drug-likeness (QED) is 0.419. The van der Waals surface area contributed by atoms with Gasteiger partial charge < -0.3 is 0 Å². The van der Waals surface area contributed by atoms with E-state index in [0.717, 1.165) is 15.9 Å². The predicted octanol–water partition coefficient (Wildman–Crippen LogP) is 3.62. The zero-order chi connectivity index (χ0) is 15.1. The molecule has 0 saturated carbocycles. The number of benzene rings is 3. The molecule has 1 fully saturated rings. The standard InChI is InChI=1S/C19H17O2P/c1-16-10-8-9-15-19(16)22(20-21-22,17-11-4-2-5-12-17)18-13-6-3-7-14-18/h2-15H,1H3. The van der Waals surface area contributed by atoms with Crippen LogP contribution in [0.2, 0.25) is 0 Å². The molecule has 3 aromatic carbocycles. The summed E-state index contributed by atoms with van der Waals surface area (Å²) in [5, 5.41) is 3.36. The summed E-state index contributed by atoms with van der Waals surface area (Å²) in [7, 11) is -3.17. The molecular weight excluding hydrogens is 291 g/mol. The molecule has 3 heteroatoms. The fraction of sp³-hybridized carbons (Fsp3) is 0.0526. The van der Waals surface area contributed by atoms with Gasteiger partial charge in [0.05, 0.1) is 0 Å². The minimum absolute atomic E-state index is 1.11. The van der Waals surface area contributed by atoms with Crippen LogP contribution in [0, 0.1) is 6.92 Å². The molecule has 1 heterocycles. The average Bonchev–Trinajstić information content (AvgIpc) is 3.36. The molecule has 0 radical (unpaired) electrons. The van der Waals surface area contributed by atoms with E-state index in [4.69, 9.17) is 9.35 Å². The van der Waals surface area contributed by atoms with Crippen molar-refractivity contribution in [1.82, 2.24) is 0 Å². The maximum absolute atomic E-state index is 5.95. The van der Waals surface area contributed by atoms with Crippen LogP contribution in [0.4, 0.5) is 0 Å². The molecule has 0 unspecified atom stereocenters. The second kappa shape index (κ2) is 4.76. The second-order valence-corrected chi connectivity index (χ2v) is 9.29. The van der Waals surface area contributed by atoms with Gasteiger partial charge in [-0.25, -0.2) is 0 Å². The first-order valence-corrected chi connectivity index (χ1v) is 9.42. The predicted molar refractivity (Wildman–Crippen MR) is 92.1 cm³/mol. The molecule has 1 saturated heterocycles. The van der Waals surface area contributed by atoms with Crippen LogP contribution in [0.15, 0.2) is 84.9 Å². The SMILES string of the molecule is Cc1ccccc1P1(c2ccccc2)(c2ccccc2)OO1. The molecule has 22 heavy (non-hydrogen) atoms. The maximum atomic E-state index is 5.95. The van der Waals surface area contributed by atoms with Crippen molar-refractivity contribution in [3.05, 3.63) is 90.5 Å². The van der Waals surface area contributed by atoms with Gasteiger partial charge in [-0.1, -0.05) is 0 Å². The van der Waals surface area contributed by atoms with E-state index in [1.165, 1.54) is 5.56 Å². The summed E-state index contributed by atoms with van der Waals surface area (Å²) in [6.45, 7) is 2.11. The number of aryl methyl sites for hydroxylation is 1. The molecule has 3 aromatic rings. The van der Waals surface area contributed by atoms with Crippen molar-refractivity contribution >= 4 is 23.0 Å². The summed E-state index contributed by atoms with van der Waals surface area (Å²) in [4.78, 5) is 0. The molecule has 0 bridgehead atoms. The van der Waals surface area contributed by atoms with Gasteiger partial charge in [0.1, 0.15) is 0 Å². The summed E-state index contributed by atoms with van der Waals surface area (Å²) >= 11 is 0. The molecular formula is C19H17O2P. The Kier molecular flexibility index (Phi) is 2.95. The third-order valence-corrected chi connectivity index (χ3v) is 8.75. The first kappa shape index (κ1) is 13.7. The van der Waals surface area contributed by atoms with Crippen molar-refractivity contribution in [1.29, 1.82) is 0 Å². The molecule has 0 N–H and O–H groups in total. The third-order valence-electron chi connectivity index (χ3n) is 4.30. The van der Waals surface area contributed by atoms with E-state index in [2.05, 4.69) is 43.3 Å². The van der Waals surface area contributed by atoms with Gasteiger partial charge >= 0.3 is 130 Å². The van der Waals surface area contributed by atoms with Crippen LogP contribution >= 0.6 is 7.06 Å². The van der Waals surface area contributed by atoms with Gasteiger partial charge in [0.2, 0.25) is 0 Å². The summed E-state index contributed by atoms with van der Waals surface area (Å²) in [5.41, 5.74) is 1.19. The summed E-state index contributed by atoms with van der Waals surface area (Å²) in [5.74, 6) is 0. The van der Waals surface area contributed by atoms with Gasteiger partial charge in [-0.2, -0.15) is 0 Å². The molecule has 110 valence electrons. The van der Waals surface area contributed by atoms with Crippen LogP contribution in [0.3, 0.4) is 0 Å². The molecule has 1 aliphatic rings. The van der Waals surface area contributed by atoms with E-state index in [-0.39, 0.29) is 0 Å². The molecule has 0 spiro atoms. The summed E-state index contributed by atoms with van der Waals surface area (Å²) in [6.07, 6.45) is 0. The average molecular weight is 308 g/mol. The van der Waals surface area contributed by atoms with E-state index in [0.29, 0.717) is 0 Å². The Morgan fingerprint density at radius 2 is 1.05 bits per heavy atom. The Labute approximate surface area is 130 Å². The van der Waals surface area contributed by atoms with E-state index in [1.54, 1.807) is 0 Å². The normalized spacial score (nSPS) is 19.8. The third kappa shape index (κ3) is 1.66. The molecule has 4 rings (SSSR count). The van der Waals surface area contributed by atoms with Crippen molar-refractivity contribution in [3.8, 4) is 0 Å². The Morgan fingerprint density at radius 1 is 0.591 bits per heavy atom. The van der Waals surface area contributed by atoms with Gasteiger partial charge in [-0.15, -0.1) is 0 Å². The van der Waals surface area contributed by atoms with E-state index in [9.17, 15) is 0 Å². The topological polar surface area (TPSA) is 25.1 Å². The molecule has 2 nitrogen and oxygen atoms in total. The Morgan fingerprint density at radius 3 is 1.50 bits per heavy atom. The van der Waals surface area contributed by atoms with Gasteiger partial charge in [-0.3, -0.25) is 0 Å². The van der Waals surface area contributed by atoms with Crippen LogP contribution in [0.5, 0.6) is 0 Å². The van der Waals surface area contributed by atoms with E-state index < -0.39 is 7.06 Å². The zero-order valence-corrected chi connectivity index (χ0v) is 13.2. The monoisotopic (exact) mass is 308 g/mol. The van der Waals surface area contributed by atoms with Gasteiger partial charge in [-0.05, 0) is 0 Å². The Bertz CT molecular complexity index is 768. The van der Waals surface area contributed by atoms with Crippen LogP contribution in [-0.2, 0) is 9.35 Å². The number of hydrogen-bond donors (Lipinski definition) is 0. The van der Waals surface area contributed by atoms with Crippen molar-refractivity contribution in [3.63, 3.8) is 0 Å². The van der Waals surface area contributed by atoms with Gasteiger partial charge in [0, 0.05) is 0 Å². The second-order valence-electron chi connectivity index (χ2n) is 5.56. The first-order valence-electron chi connectivity index (χ1n) is 7.35. The summed E-state index contributed by atoms with van der Waals surface area (Å²) in [6, 6.07) is 28.9. The van der Waals surface area contributed by atoms with Crippen LogP contribution in [-0.4, -0.2) is 0 Å². The molecule has 0 aliphatic carbocycles.